The van der Waals surface area contributed by atoms with Crippen molar-refractivity contribution in [3.05, 3.63) is 47.5 Å². The molecule has 0 saturated heterocycles. The summed E-state index contributed by atoms with van der Waals surface area (Å²) in [5, 5.41) is 4.12. The average molecular weight is 250 g/mol. The molecule has 0 radical (unpaired) electrons. The number of hydrogen-bond donors (Lipinski definition) is 1. The van der Waals surface area contributed by atoms with Gasteiger partial charge >= 0.3 is 0 Å². The van der Waals surface area contributed by atoms with Crippen LogP contribution in [0.25, 0.3) is 0 Å². The van der Waals surface area contributed by atoms with Gasteiger partial charge in [0.15, 0.2) is 0 Å². The van der Waals surface area contributed by atoms with E-state index in [1.807, 2.05) is 31.6 Å². The molecule has 4 heteroatoms. The Balaban J connectivity index is 1.78. The quantitative estimate of drug-likeness (QED) is 0.824. The van der Waals surface area contributed by atoms with Crippen LogP contribution in [0.4, 0.5) is 5.69 Å². The van der Waals surface area contributed by atoms with Gasteiger partial charge in [0.1, 0.15) is 0 Å². The first-order valence-corrected chi connectivity index (χ1v) is 6.09. The van der Waals surface area contributed by atoms with Gasteiger partial charge < -0.3 is 9.88 Å². The first-order chi connectivity index (χ1) is 8.25. The maximum Gasteiger partial charge on any atom is 0.0945 e. The molecule has 0 saturated carbocycles. The van der Waals surface area contributed by atoms with Gasteiger partial charge in [-0.1, -0.05) is 17.7 Å². The zero-order valence-electron chi connectivity index (χ0n) is 9.86. The van der Waals surface area contributed by atoms with Gasteiger partial charge in [0.25, 0.3) is 0 Å². The van der Waals surface area contributed by atoms with Crippen LogP contribution in [0.2, 0.25) is 5.02 Å². The van der Waals surface area contributed by atoms with Crippen LogP contribution < -0.4 is 5.32 Å². The summed E-state index contributed by atoms with van der Waals surface area (Å²) >= 11 is 6.13. The number of nitrogens with one attached hydrogen (secondary N) is 1. The van der Waals surface area contributed by atoms with Crippen molar-refractivity contribution in [1.29, 1.82) is 0 Å². The Hall–Kier alpha value is -1.48. The summed E-state index contributed by atoms with van der Waals surface area (Å²) in [6.45, 7) is 3.91. The molecule has 0 aliphatic carbocycles. The monoisotopic (exact) mass is 249 g/mol. The number of nitrogens with zero attached hydrogens (tertiary/aromatic N) is 2. The number of halogens is 1. The number of anilines is 1. The Kier molecular flexibility index (Phi) is 4.04. The fraction of sp³-hybridized carbons (Fsp3) is 0.308. The molecule has 1 heterocycles. The van der Waals surface area contributed by atoms with Crippen LogP contribution in [0.3, 0.4) is 0 Å². The molecule has 0 amide bonds. The number of benzene rings is 1. The van der Waals surface area contributed by atoms with E-state index in [0.29, 0.717) is 0 Å². The van der Waals surface area contributed by atoms with Crippen molar-refractivity contribution in [2.24, 2.45) is 0 Å². The molecule has 0 aliphatic heterocycles. The molecule has 0 aliphatic rings. The minimum absolute atomic E-state index is 0.785. The third-order valence-corrected chi connectivity index (χ3v) is 2.91. The Labute approximate surface area is 106 Å². The molecule has 0 spiro atoms. The van der Waals surface area contributed by atoms with Crippen molar-refractivity contribution in [3.63, 3.8) is 0 Å². The molecule has 90 valence electrons. The SMILES string of the molecule is Cc1ccc(NCCCn2ccnc2)c(Cl)c1. The molecule has 1 aromatic carbocycles. The Morgan fingerprint density at radius 3 is 3.00 bits per heavy atom. The van der Waals surface area contributed by atoms with E-state index in [9.17, 15) is 0 Å². The predicted octanol–water partition coefficient (Wildman–Crippen LogP) is 3.35. The van der Waals surface area contributed by atoms with E-state index in [2.05, 4.69) is 20.9 Å². The number of aromatic nitrogens is 2. The van der Waals surface area contributed by atoms with Gasteiger partial charge in [0, 0.05) is 25.5 Å². The first kappa shape index (κ1) is 12.0. The first-order valence-electron chi connectivity index (χ1n) is 5.71. The normalized spacial score (nSPS) is 10.5. The summed E-state index contributed by atoms with van der Waals surface area (Å²) < 4.78 is 2.07. The molecule has 2 rings (SSSR count). The second-order valence-electron chi connectivity index (χ2n) is 4.06. The lowest BCUT2D eigenvalue weighted by Gasteiger charge is -2.09. The van der Waals surface area contributed by atoms with E-state index in [4.69, 9.17) is 11.6 Å². The zero-order chi connectivity index (χ0) is 12.1. The van der Waals surface area contributed by atoms with E-state index in [0.717, 1.165) is 30.2 Å². The molecule has 1 N–H and O–H groups in total. The molecule has 0 atom stereocenters. The fourth-order valence-electron chi connectivity index (χ4n) is 1.67. The third-order valence-electron chi connectivity index (χ3n) is 2.59. The van der Waals surface area contributed by atoms with Crippen LogP contribution in [-0.2, 0) is 6.54 Å². The van der Waals surface area contributed by atoms with Gasteiger partial charge in [-0.25, -0.2) is 4.98 Å². The van der Waals surface area contributed by atoms with Crippen LogP contribution in [0.15, 0.2) is 36.9 Å². The van der Waals surface area contributed by atoms with Crippen LogP contribution in [0, 0.1) is 6.92 Å². The molecular weight excluding hydrogens is 234 g/mol. The zero-order valence-corrected chi connectivity index (χ0v) is 10.6. The van der Waals surface area contributed by atoms with E-state index < -0.39 is 0 Å². The van der Waals surface area contributed by atoms with Crippen molar-refractivity contribution in [3.8, 4) is 0 Å². The standard InChI is InChI=1S/C13H16ClN3/c1-11-3-4-13(12(14)9-11)16-5-2-7-17-8-6-15-10-17/h3-4,6,8-10,16H,2,5,7H2,1H3. The van der Waals surface area contributed by atoms with E-state index in [1.54, 1.807) is 6.20 Å². The van der Waals surface area contributed by atoms with Gasteiger partial charge in [-0.2, -0.15) is 0 Å². The molecule has 0 bridgehead atoms. The van der Waals surface area contributed by atoms with Gasteiger partial charge in [-0.15, -0.1) is 0 Å². The van der Waals surface area contributed by atoms with Gasteiger partial charge in [0.2, 0.25) is 0 Å². The van der Waals surface area contributed by atoms with Crippen molar-refractivity contribution in [2.45, 2.75) is 19.9 Å². The summed E-state index contributed by atoms with van der Waals surface area (Å²) in [4.78, 5) is 4.00. The smallest absolute Gasteiger partial charge is 0.0945 e. The largest absolute Gasteiger partial charge is 0.384 e. The average Bonchev–Trinajstić information content (AvgIpc) is 2.79. The molecule has 0 fully saturated rings. The van der Waals surface area contributed by atoms with Crippen molar-refractivity contribution in [1.82, 2.24) is 9.55 Å². The van der Waals surface area contributed by atoms with Crippen LogP contribution in [-0.4, -0.2) is 16.1 Å². The molecule has 17 heavy (non-hydrogen) atoms. The minimum atomic E-state index is 0.785. The lowest BCUT2D eigenvalue weighted by atomic mass is 10.2. The highest BCUT2D eigenvalue weighted by molar-refractivity contribution is 6.33. The third kappa shape index (κ3) is 3.49. The topological polar surface area (TPSA) is 29.9 Å². The summed E-state index contributed by atoms with van der Waals surface area (Å²) in [6, 6.07) is 6.05. The van der Waals surface area contributed by atoms with Gasteiger partial charge in [0.05, 0.1) is 17.0 Å². The second-order valence-corrected chi connectivity index (χ2v) is 4.47. The van der Waals surface area contributed by atoms with Crippen molar-refractivity contribution in [2.75, 3.05) is 11.9 Å². The van der Waals surface area contributed by atoms with Gasteiger partial charge in [-0.05, 0) is 31.0 Å². The van der Waals surface area contributed by atoms with E-state index in [-0.39, 0.29) is 0 Å². The maximum absolute atomic E-state index is 6.13. The fourth-order valence-corrected chi connectivity index (χ4v) is 1.97. The molecule has 2 aromatic rings. The molecular formula is C13H16ClN3. The molecule has 1 aromatic heterocycles. The summed E-state index contributed by atoms with van der Waals surface area (Å²) in [5.74, 6) is 0. The highest BCUT2D eigenvalue weighted by Crippen LogP contribution is 2.22. The minimum Gasteiger partial charge on any atom is -0.384 e. The van der Waals surface area contributed by atoms with Crippen LogP contribution in [0.5, 0.6) is 0 Å². The van der Waals surface area contributed by atoms with Crippen molar-refractivity contribution < 1.29 is 0 Å². The maximum atomic E-state index is 6.13. The number of rotatable bonds is 5. The number of hydrogen-bond acceptors (Lipinski definition) is 2. The Morgan fingerprint density at radius 2 is 2.29 bits per heavy atom. The summed E-state index contributed by atoms with van der Waals surface area (Å²) in [7, 11) is 0. The predicted molar refractivity (Wildman–Crippen MR) is 71.5 cm³/mol. The highest BCUT2D eigenvalue weighted by Gasteiger charge is 1.99. The van der Waals surface area contributed by atoms with E-state index in [1.165, 1.54) is 5.56 Å². The summed E-state index contributed by atoms with van der Waals surface area (Å²) in [5.41, 5.74) is 2.18. The number of aryl methyl sites for hydroxylation is 2. The van der Waals surface area contributed by atoms with Crippen molar-refractivity contribution >= 4 is 17.3 Å². The van der Waals surface area contributed by atoms with Crippen LogP contribution in [0.1, 0.15) is 12.0 Å². The van der Waals surface area contributed by atoms with Crippen LogP contribution >= 0.6 is 11.6 Å². The lowest BCUT2D eigenvalue weighted by Crippen LogP contribution is -2.06. The Bertz CT molecular complexity index is 466. The second kappa shape index (κ2) is 5.73. The Morgan fingerprint density at radius 1 is 1.41 bits per heavy atom. The lowest BCUT2D eigenvalue weighted by molar-refractivity contribution is 0.661. The molecule has 0 unspecified atom stereocenters. The highest BCUT2D eigenvalue weighted by atomic mass is 35.5. The number of imidazole rings is 1. The molecule has 3 nitrogen and oxygen atoms in total. The summed E-state index contributed by atoms with van der Waals surface area (Å²) in [6.07, 6.45) is 6.64. The van der Waals surface area contributed by atoms with E-state index >= 15 is 0 Å². The van der Waals surface area contributed by atoms with Gasteiger partial charge in [-0.3, -0.25) is 0 Å².